The Morgan fingerprint density at radius 3 is 2.45 bits per heavy atom. The lowest BCUT2D eigenvalue weighted by atomic mass is 9.86. The Morgan fingerprint density at radius 2 is 1.74 bits per heavy atom. The van der Waals surface area contributed by atoms with Crippen molar-refractivity contribution in [2.75, 3.05) is 76.7 Å². The quantitative estimate of drug-likeness (QED) is 0.331. The molecule has 1 aromatic heterocycles. The number of likely N-dealkylation sites (tertiary alicyclic amines) is 2. The van der Waals surface area contributed by atoms with E-state index >= 15 is 0 Å². The maximum absolute atomic E-state index is 14.0. The van der Waals surface area contributed by atoms with Gasteiger partial charge in [0, 0.05) is 43.0 Å². The van der Waals surface area contributed by atoms with E-state index in [1.807, 2.05) is 0 Å². The minimum absolute atomic E-state index is 0.0360. The average Bonchev–Trinajstić information content (AvgIpc) is 3.99. The number of hydrogen-bond acceptors (Lipinski definition) is 8. The van der Waals surface area contributed by atoms with Gasteiger partial charge in [0.2, 0.25) is 11.9 Å². The Morgan fingerprint density at radius 1 is 0.979 bits per heavy atom. The van der Waals surface area contributed by atoms with E-state index < -0.39 is 11.7 Å². The Kier molecular flexibility index (Phi) is 9.36. The van der Waals surface area contributed by atoms with Crippen LogP contribution in [0.4, 0.5) is 30.6 Å². The lowest BCUT2D eigenvalue weighted by molar-refractivity contribution is -0.137. The monoisotopic (exact) mass is 655 g/mol. The molecule has 5 fully saturated rings. The molecule has 5 aliphatic rings. The Labute approximate surface area is 275 Å². The normalized spacial score (nSPS) is 23.5. The van der Waals surface area contributed by atoms with Gasteiger partial charge in [0.25, 0.3) is 0 Å². The van der Waals surface area contributed by atoms with Crippen molar-refractivity contribution in [1.29, 1.82) is 0 Å². The predicted molar refractivity (Wildman–Crippen MR) is 175 cm³/mol. The molecule has 3 saturated heterocycles. The molecule has 0 unspecified atom stereocenters. The largest absolute Gasteiger partial charge is 0.421 e. The Bertz CT molecular complexity index is 1410. The molecule has 2 aromatic rings. The van der Waals surface area contributed by atoms with Crippen LogP contribution in [0.25, 0.3) is 0 Å². The van der Waals surface area contributed by atoms with Gasteiger partial charge in [-0.2, -0.15) is 18.2 Å². The number of ether oxygens (including phenoxy) is 1. The second kappa shape index (κ2) is 13.5. The van der Waals surface area contributed by atoms with E-state index in [1.165, 1.54) is 37.1 Å². The lowest BCUT2D eigenvalue weighted by Crippen LogP contribution is -2.46. The summed E-state index contributed by atoms with van der Waals surface area (Å²) in [7, 11) is 2.21. The van der Waals surface area contributed by atoms with Crippen LogP contribution in [0, 0.1) is 5.41 Å². The first kappa shape index (κ1) is 32.6. The molecule has 256 valence electrons. The van der Waals surface area contributed by atoms with Crippen LogP contribution in [0.1, 0.15) is 86.3 Å². The summed E-state index contributed by atoms with van der Waals surface area (Å²) in [6, 6.07) is 7.28. The second-order valence-corrected chi connectivity index (χ2v) is 14.6. The first-order chi connectivity index (χ1) is 22.7. The van der Waals surface area contributed by atoms with E-state index in [9.17, 15) is 18.0 Å². The lowest BCUT2D eigenvalue weighted by Gasteiger charge is -2.41. The molecule has 1 amide bonds. The number of carbonyl (C=O) groups is 1. The fourth-order valence-corrected chi connectivity index (χ4v) is 7.67. The number of nitrogens with one attached hydrogen (secondary N) is 2. The number of anilines is 3. The average molecular weight is 656 g/mol. The summed E-state index contributed by atoms with van der Waals surface area (Å²) in [5.74, 6) is 0.924. The zero-order valence-corrected chi connectivity index (χ0v) is 27.5. The highest BCUT2D eigenvalue weighted by atomic mass is 19.4. The van der Waals surface area contributed by atoms with Crippen LogP contribution in [0.15, 0.2) is 24.4 Å². The minimum Gasteiger partial charge on any atom is -0.379 e. The molecule has 0 spiro atoms. The second-order valence-electron chi connectivity index (χ2n) is 14.6. The van der Waals surface area contributed by atoms with Crippen molar-refractivity contribution in [2.24, 2.45) is 5.41 Å². The Hall–Kier alpha value is -2.96. The SMILES string of the molecule is CN1CCC(N2CCC(c3ccc(Nc4ncc(C(F)(F)F)c(NCC5(CN6CCOCCC6=O)CC5)n4)c(C4CC4)c3)CC2)CC1. The van der Waals surface area contributed by atoms with Crippen molar-refractivity contribution in [2.45, 2.75) is 81.8 Å². The van der Waals surface area contributed by atoms with E-state index in [0.29, 0.717) is 57.1 Å². The summed E-state index contributed by atoms with van der Waals surface area (Å²) >= 11 is 0. The molecule has 0 radical (unpaired) electrons. The van der Waals surface area contributed by atoms with Gasteiger partial charge in [-0.15, -0.1) is 0 Å². The molecule has 2 saturated carbocycles. The van der Waals surface area contributed by atoms with E-state index in [-0.39, 0.29) is 23.1 Å². The van der Waals surface area contributed by atoms with Crippen molar-refractivity contribution in [3.05, 3.63) is 41.1 Å². The molecule has 0 atom stereocenters. The summed E-state index contributed by atoms with van der Waals surface area (Å²) in [5.41, 5.74) is 2.29. The van der Waals surface area contributed by atoms with Crippen LogP contribution in [-0.4, -0.2) is 103 Å². The molecule has 7 rings (SSSR count). The van der Waals surface area contributed by atoms with Crippen LogP contribution < -0.4 is 10.6 Å². The molecule has 4 heterocycles. The molecular weight excluding hydrogens is 607 g/mol. The standard InChI is InChI=1S/C35H48F3N7O2/c1-43-13-8-27(9-14-43)44-15-6-24(7-16-44)26-4-5-30(28(20-26)25-2-3-25)41-33-39-21-29(35(36,37)38)32(42-33)40-22-34(11-12-34)23-45-17-19-47-18-10-31(45)46/h4-5,20-21,24-25,27H,2-3,6-19,22-23H2,1H3,(H2,39,40,41,42). The van der Waals surface area contributed by atoms with Gasteiger partial charge < -0.3 is 30.1 Å². The van der Waals surface area contributed by atoms with Crippen molar-refractivity contribution in [3.8, 4) is 0 Å². The number of piperidine rings is 2. The molecule has 2 N–H and O–H groups in total. The van der Waals surface area contributed by atoms with Gasteiger partial charge in [-0.25, -0.2) is 4.98 Å². The smallest absolute Gasteiger partial charge is 0.379 e. The number of alkyl halides is 3. The fourth-order valence-electron chi connectivity index (χ4n) is 7.67. The van der Waals surface area contributed by atoms with E-state index in [1.54, 1.807) is 4.90 Å². The molecule has 3 aliphatic heterocycles. The van der Waals surface area contributed by atoms with Gasteiger partial charge in [0.1, 0.15) is 11.4 Å². The van der Waals surface area contributed by atoms with Gasteiger partial charge >= 0.3 is 6.18 Å². The fraction of sp³-hybridized carbons (Fsp3) is 0.686. The number of nitrogens with zero attached hydrogens (tertiary/aromatic N) is 5. The van der Waals surface area contributed by atoms with Gasteiger partial charge in [-0.1, -0.05) is 12.1 Å². The van der Waals surface area contributed by atoms with Crippen LogP contribution >= 0.6 is 0 Å². The third kappa shape index (κ3) is 7.86. The maximum atomic E-state index is 14.0. The highest BCUT2D eigenvalue weighted by molar-refractivity contribution is 5.76. The molecule has 1 aromatic carbocycles. The molecular formula is C35H48F3N7O2. The number of hydrogen-bond donors (Lipinski definition) is 2. The number of carbonyl (C=O) groups excluding carboxylic acids is 1. The predicted octanol–water partition coefficient (Wildman–Crippen LogP) is 5.83. The van der Waals surface area contributed by atoms with Gasteiger partial charge in [0.05, 0.1) is 19.6 Å². The van der Waals surface area contributed by atoms with Gasteiger partial charge in [-0.05, 0) is 114 Å². The number of benzene rings is 1. The van der Waals surface area contributed by atoms with Crippen LogP contribution in [0.2, 0.25) is 0 Å². The minimum atomic E-state index is -4.60. The summed E-state index contributed by atoms with van der Waals surface area (Å²) in [4.78, 5) is 27.9. The van der Waals surface area contributed by atoms with Crippen molar-refractivity contribution < 1.29 is 22.7 Å². The third-order valence-corrected chi connectivity index (χ3v) is 11.1. The number of aromatic nitrogens is 2. The molecule has 0 bridgehead atoms. The first-order valence-electron chi connectivity index (χ1n) is 17.5. The van der Waals surface area contributed by atoms with Crippen molar-refractivity contribution >= 4 is 23.4 Å². The maximum Gasteiger partial charge on any atom is 0.421 e. The molecule has 12 heteroatoms. The molecule has 9 nitrogen and oxygen atoms in total. The summed E-state index contributed by atoms with van der Waals surface area (Å²) in [5, 5.41) is 6.29. The summed E-state index contributed by atoms with van der Waals surface area (Å²) in [6.07, 6.45) is 5.35. The topological polar surface area (TPSA) is 85.9 Å². The zero-order valence-electron chi connectivity index (χ0n) is 27.5. The number of halogens is 3. The van der Waals surface area contributed by atoms with Crippen LogP contribution in [0.5, 0.6) is 0 Å². The van der Waals surface area contributed by atoms with Crippen molar-refractivity contribution in [1.82, 2.24) is 24.7 Å². The van der Waals surface area contributed by atoms with Crippen molar-refractivity contribution in [3.63, 3.8) is 0 Å². The zero-order chi connectivity index (χ0) is 32.6. The van der Waals surface area contributed by atoms with Gasteiger partial charge in [-0.3, -0.25) is 4.79 Å². The van der Waals surface area contributed by atoms with Gasteiger partial charge in [0.15, 0.2) is 0 Å². The third-order valence-electron chi connectivity index (χ3n) is 11.1. The Balaban J connectivity index is 1.03. The van der Waals surface area contributed by atoms with E-state index in [4.69, 9.17) is 4.74 Å². The summed E-state index contributed by atoms with van der Waals surface area (Å²) in [6.45, 7) is 6.85. The van der Waals surface area contributed by atoms with E-state index in [2.05, 4.69) is 55.6 Å². The molecule has 2 aliphatic carbocycles. The summed E-state index contributed by atoms with van der Waals surface area (Å²) < 4.78 is 47.6. The van der Waals surface area contributed by atoms with E-state index in [0.717, 1.165) is 63.5 Å². The van der Waals surface area contributed by atoms with Crippen LogP contribution in [0.3, 0.4) is 0 Å². The first-order valence-corrected chi connectivity index (χ1v) is 17.5. The van der Waals surface area contributed by atoms with Crippen LogP contribution in [-0.2, 0) is 15.7 Å². The highest BCUT2D eigenvalue weighted by Gasteiger charge is 2.45. The number of amides is 1. The number of rotatable bonds is 10. The highest BCUT2D eigenvalue weighted by Crippen LogP contribution is 2.48. The molecule has 47 heavy (non-hydrogen) atoms.